The molecule has 28 heavy (non-hydrogen) atoms. The van der Waals surface area contributed by atoms with Crippen LogP contribution in [0.3, 0.4) is 0 Å². The van der Waals surface area contributed by atoms with Gasteiger partial charge in [-0.3, -0.25) is 9.59 Å². The highest BCUT2D eigenvalue weighted by atomic mass is 32.1. The van der Waals surface area contributed by atoms with Crippen molar-refractivity contribution in [1.82, 2.24) is 14.9 Å². The summed E-state index contributed by atoms with van der Waals surface area (Å²) in [6.45, 7) is 5.60. The predicted molar refractivity (Wildman–Crippen MR) is 114 cm³/mol. The zero-order valence-electron chi connectivity index (χ0n) is 16.1. The topological polar surface area (TPSA) is 66.1 Å². The number of amides is 1. The Kier molecular flexibility index (Phi) is 5.13. The summed E-state index contributed by atoms with van der Waals surface area (Å²) in [5.74, 6) is 0.395. The molecule has 2 aromatic heterocycles. The van der Waals surface area contributed by atoms with Crippen molar-refractivity contribution >= 4 is 34.2 Å². The molecule has 1 aliphatic rings. The molecule has 5 nitrogen and oxygen atoms in total. The molecule has 6 heteroatoms. The molecule has 4 rings (SSSR count). The van der Waals surface area contributed by atoms with Crippen LogP contribution in [0.4, 0.5) is 0 Å². The van der Waals surface area contributed by atoms with Crippen molar-refractivity contribution in [3.8, 4) is 0 Å². The van der Waals surface area contributed by atoms with Crippen LogP contribution in [0.1, 0.15) is 39.9 Å². The van der Waals surface area contributed by atoms with Gasteiger partial charge in [-0.2, -0.15) is 0 Å². The highest BCUT2D eigenvalue weighted by Crippen LogP contribution is 2.32. The summed E-state index contributed by atoms with van der Waals surface area (Å²) < 4.78 is 0. The Morgan fingerprint density at radius 1 is 1.25 bits per heavy atom. The summed E-state index contributed by atoms with van der Waals surface area (Å²) >= 11 is 1.77. The number of aromatic amines is 1. The Labute approximate surface area is 167 Å². The smallest absolute Gasteiger partial charge is 0.255 e. The minimum Gasteiger partial charge on any atom is -0.339 e. The normalized spacial score (nSPS) is 15.6. The van der Waals surface area contributed by atoms with E-state index in [-0.39, 0.29) is 11.5 Å². The minimum atomic E-state index is -0.184. The summed E-state index contributed by atoms with van der Waals surface area (Å²) in [7, 11) is 0. The Balaban J connectivity index is 1.42. The van der Waals surface area contributed by atoms with Gasteiger partial charge < -0.3 is 9.88 Å². The number of nitrogens with one attached hydrogen (secondary N) is 1. The van der Waals surface area contributed by atoms with Crippen LogP contribution in [0, 0.1) is 13.8 Å². The third-order valence-electron chi connectivity index (χ3n) is 5.39. The molecular weight excluding hydrogens is 370 g/mol. The molecule has 0 radical (unpaired) electrons. The van der Waals surface area contributed by atoms with E-state index in [1.54, 1.807) is 17.4 Å². The number of rotatable bonds is 3. The van der Waals surface area contributed by atoms with E-state index in [4.69, 9.17) is 0 Å². The number of hydrogen-bond donors (Lipinski definition) is 1. The lowest BCUT2D eigenvalue weighted by molar-refractivity contribution is -0.126. The fourth-order valence-electron chi connectivity index (χ4n) is 3.57. The molecule has 1 fully saturated rings. The predicted octanol–water partition coefficient (Wildman–Crippen LogP) is 4.02. The minimum absolute atomic E-state index is 0.0440. The van der Waals surface area contributed by atoms with E-state index in [1.165, 1.54) is 16.0 Å². The highest BCUT2D eigenvalue weighted by molar-refractivity contribution is 7.11. The number of likely N-dealkylation sites (tertiary alicyclic amines) is 1. The fourth-order valence-corrected chi connectivity index (χ4v) is 4.67. The van der Waals surface area contributed by atoms with E-state index in [9.17, 15) is 9.59 Å². The molecule has 0 aliphatic carbocycles. The van der Waals surface area contributed by atoms with Gasteiger partial charge >= 0.3 is 0 Å². The van der Waals surface area contributed by atoms with Gasteiger partial charge in [0.25, 0.3) is 5.56 Å². The first-order chi connectivity index (χ1) is 13.5. The van der Waals surface area contributed by atoms with Crippen LogP contribution in [-0.2, 0) is 4.79 Å². The van der Waals surface area contributed by atoms with Crippen molar-refractivity contribution in [3.05, 3.63) is 67.9 Å². The molecule has 3 aromatic rings. The van der Waals surface area contributed by atoms with Gasteiger partial charge in [-0.1, -0.05) is 18.2 Å². The lowest BCUT2D eigenvalue weighted by Gasteiger charge is -2.30. The number of hydrogen-bond acceptors (Lipinski definition) is 4. The number of piperidine rings is 1. The van der Waals surface area contributed by atoms with Crippen LogP contribution < -0.4 is 5.56 Å². The van der Waals surface area contributed by atoms with Crippen LogP contribution in [0.2, 0.25) is 0 Å². The van der Waals surface area contributed by atoms with Crippen LogP contribution in [-0.4, -0.2) is 33.9 Å². The van der Waals surface area contributed by atoms with Crippen molar-refractivity contribution in [2.45, 2.75) is 32.6 Å². The van der Waals surface area contributed by atoms with Crippen molar-refractivity contribution in [2.24, 2.45) is 0 Å². The number of pyridine rings is 1. The molecule has 1 aliphatic heterocycles. The zero-order chi connectivity index (χ0) is 19.7. The summed E-state index contributed by atoms with van der Waals surface area (Å²) in [6, 6.07) is 9.43. The molecule has 0 spiro atoms. The molecular formula is C22H23N3O2S. The van der Waals surface area contributed by atoms with Gasteiger partial charge in [0.05, 0.1) is 10.7 Å². The average Bonchev–Trinajstić information content (AvgIpc) is 3.05. The number of para-hydroxylation sites is 1. The van der Waals surface area contributed by atoms with Gasteiger partial charge in [-0.15, -0.1) is 11.3 Å². The largest absolute Gasteiger partial charge is 0.339 e. The number of aromatic nitrogens is 2. The summed E-state index contributed by atoms with van der Waals surface area (Å²) in [5.41, 5.74) is 2.22. The third-order valence-corrected chi connectivity index (χ3v) is 6.62. The Hall–Kier alpha value is -2.73. The van der Waals surface area contributed by atoms with E-state index in [0.717, 1.165) is 42.5 Å². The second kappa shape index (κ2) is 7.72. The average molecular weight is 394 g/mol. The lowest BCUT2D eigenvalue weighted by Crippen LogP contribution is -2.36. The molecule has 144 valence electrons. The number of carbonyl (C=O) groups is 1. The zero-order valence-corrected chi connectivity index (χ0v) is 16.9. The van der Waals surface area contributed by atoms with E-state index in [0.29, 0.717) is 11.5 Å². The molecule has 1 amide bonds. The molecule has 3 heterocycles. The first kappa shape index (κ1) is 18.6. The van der Waals surface area contributed by atoms with Gasteiger partial charge in [0, 0.05) is 41.0 Å². The first-order valence-corrected chi connectivity index (χ1v) is 10.4. The summed E-state index contributed by atoms with van der Waals surface area (Å²) in [6.07, 6.45) is 5.00. The second-order valence-electron chi connectivity index (χ2n) is 7.27. The van der Waals surface area contributed by atoms with Gasteiger partial charge in [-0.25, -0.2) is 4.98 Å². The SMILES string of the molecule is Cc1nc(C2CCN(C(=O)/C=C/c3cc4ccccc4[nH]c3=O)CC2)sc1C. The quantitative estimate of drug-likeness (QED) is 0.684. The number of H-pyrrole nitrogens is 1. The maximum Gasteiger partial charge on any atom is 0.255 e. The maximum absolute atomic E-state index is 12.6. The molecule has 0 saturated carbocycles. The Bertz CT molecular complexity index is 1080. The van der Waals surface area contributed by atoms with E-state index in [2.05, 4.69) is 16.9 Å². The molecule has 1 aromatic carbocycles. The molecule has 0 bridgehead atoms. The lowest BCUT2D eigenvalue weighted by atomic mass is 9.97. The second-order valence-corrected chi connectivity index (χ2v) is 8.50. The van der Waals surface area contributed by atoms with Crippen LogP contribution >= 0.6 is 11.3 Å². The van der Waals surface area contributed by atoms with Crippen molar-refractivity contribution in [1.29, 1.82) is 0 Å². The van der Waals surface area contributed by atoms with E-state index in [1.807, 2.05) is 42.2 Å². The first-order valence-electron chi connectivity index (χ1n) is 9.54. The van der Waals surface area contributed by atoms with E-state index >= 15 is 0 Å². The van der Waals surface area contributed by atoms with Gasteiger partial charge in [0.2, 0.25) is 5.91 Å². The Morgan fingerprint density at radius 3 is 2.71 bits per heavy atom. The number of benzene rings is 1. The molecule has 0 atom stereocenters. The van der Waals surface area contributed by atoms with Crippen molar-refractivity contribution in [2.75, 3.05) is 13.1 Å². The monoisotopic (exact) mass is 393 g/mol. The molecule has 1 saturated heterocycles. The molecule has 0 unspecified atom stereocenters. The van der Waals surface area contributed by atoms with Crippen LogP contribution in [0.15, 0.2) is 41.2 Å². The third kappa shape index (κ3) is 3.78. The number of fused-ring (bicyclic) bond motifs is 1. The van der Waals surface area contributed by atoms with Gasteiger partial charge in [0.1, 0.15) is 0 Å². The van der Waals surface area contributed by atoms with Gasteiger partial charge in [-0.05, 0) is 50.3 Å². The number of thiazole rings is 1. The van der Waals surface area contributed by atoms with E-state index < -0.39 is 0 Å². The Morgan fingerprint density at radius 2 is 2.00 bits per heavy atom. The van der Waals surface area contributed by atoms with Crippen molar-refractivity contribution in [3.63, 3.8) is 0 Å². The number of nitrogens with zero attached hydrogens (tertiary/aromatic N) is 2. The van der Waals surface area contributed by atoms with Gasteiger partial charge in [0.15, 0.2) is 0 Å². The number of aryl methyl sites for hydroxylation is 2. The number of carbonyl (C=O) groups excluding carboxylic acids is 1. The summed E-state index contributed by atoms with van der Waals surface area (Å²) in [5, 5.41) is 2.14. The standard InChI is InChI=1S/C22H23N3O2S/c1-14-15(2)28-22(23-14)16-9-11-25(12-10-16)20(26)8-7-18-13-17-5-3-4-6-19(17)24-21(18)27/h3-8,13,16H,9-12H2,1-2H3,(H,24,27)/b8-7+. The van der Waals surface area contributed by atoms with Crippen LogP contribution in [0.5, 0.6) is 0 Å². The summed E-state index contributed by atoms with van der Waals surface area (Å²) in [4.78, 5) is 35.4. The fraction of sp³-hybridized carbons (Fsp3) is 0.318. The maximum atomic E-state index is 12.6. The molecule has 1 N–H and O–H groups in total. The highest BCUT2D eigenvalue weighted by Gasteiger charge is 2.25. The van der Waals surface area contributed by atoms with Crippen LogP contribution in [0.25, 0.3) is 17.0 Å². The van der Waals surface area contributed by atoms with Crippen molar-refractivity contribution < 1.29 is 4.79 Å².